The molecule has 0 aliphatic rings. The van der Waals surface area contributed by atoms with E-state index in [1.54, 1.807) is 0 Å². The van der Waals surface area contributed by atoms with Crippen molar-refractivity contribution >= 4 is 17.9 Å². The van der Waals surface area contributed by atoms with E-state index in [9.17, 15) is 19.5 Å². The van der Waals surface area contributed by atoms with Crippen LogP contribution in [-0.2, 0) is 19.1 Å². The predicted molar refractivity (Wildman–Crippen MR) is 101 cm³/mol. The summed E-state index contributed by atoms with van der Waals surface area (Å²) in [5.41, 5.74) is -2.63. The van der Waals surface area contributed by atoms with Gasteiger partial charge in [-0.15, -0.1) is 0 Å². The van der Waals surface area contributed by atoms with Crippen molar-refractivity contribution in [1.29, 1.82) is 0 Å². The number of carbonyl (C=O) groups is 3. The van der Waals surface area contributed by atoms with Gasteiger partial charge in [-0.25, -0.2) is 4.79 Å². The normalized spacial score (nSPS) is 13.3. The Hall–Kier alpha value is -1.63. The van der Waals surface area contributed by atoms with Gasteiger partial charge in [0.2, 0.25) is 0 Å². The molecule has 3 N–H and O–H groups in total. The average molecular weight is 389 g/mol. The Morgan fingerprint density at radius 1 is 0.852 bits per heavy atom. The van der Waals surface area contributed by atoms with Crippen molar-refractivity contribution in [3.63, 3.8) is 0 Å². The first-order chi connectivity index (χ1) is 12.7. The highest BCUT2D eigenvalue weighted by Gasteiger charge is 2.41. The Labute approximate surface area is 162 Å². The molecule has 0 aliphatic heterocycles. The van der Waals surface area contributed by atoms with Crippen LogP contribution in [0.15, 0.2) is 0 Å². The maximum absolute atomic E-state index is 11.7. The van der Waals surface area contributed by atoms with E-state index < -0.39 is 36.4 Å². The van der Waals surface area contributed by atoms with Crippen LogP contribution in [0.5, 0.6) is 0 Å². The van der Waals surface area contributed by atoms with E-state index >= 15 is 0 Å². The van der Waals surface area contributed by atoms with E-state index in [1.807, 2.05) is 0 Å². The minimum atomic E-state index is -2.63. The number of carboxylic acids is 2. The van der Waals surface area contributed by atoms with Gasteiger partial charge in [-0.05, 0) is 12.3 Å². The molecule has 0 aromatic rings. The topological polar surface area (TPSA) is 121 Å². The number of hydrogen-bond donors (Lipinski definition) is 3. The van der Waals surface area contributed by atoms with E-state index in [4.69, 9.17) is 14.9 Å². The van der Waals surface area contributed by atoms with Gasteiger partial charge in [0.1, 0.15) is 0 Å². The first kappa shape index (κ1) is 25.4. The van der Waals surface area contributed by atoms with Gasteiger partial charge in [0, 0.05) is 0 Å². The average Bonchev–Trinajstić information content (AvgIpc) is 2.58. The SMILES string of the molecule is CCCCC(CCCC)CCCCCOC(=O)CC(O)(CC(=O)O)C(=O)O. The van der Waals surface area contributed by atoms with Gasteiger partial charge in [-0.2, -0.15) is 0 Å². The summed E-state index contributed by atoms with van der Waals surface area (Å²) >= 11 is 0. The Bertz CT molecular complexity index is 442. The number of esters is 1. The maximum Gasteiger partial charge on any atom is 0.336 e. The largest absolute Gasteiger partial charge is 0.481 e. The summed E-state index contributed by atoms with van der Waals surface area (Å²) < 4.78 is 4.95. The van der Waals surface area contributed by atoms with Crippen molar-refractivity contribution < 1.29 is 34.4 Å². The number of aliphatic hydroxyl groups is 1. The number of carbonyl (C=O) groups excluding carboxylic acids is 1. The second kappa shape index (κ2) is 14.4. The van der Waals surface area contributed by atoms with Crippen molar-refractivity contribution in [3.8, 4) is 0 Å². The quantitative estimate of drug-likeness (QED) is 0.256. The highest BCUT2D eigenvalue weighted by molar-refractivity contribution is 5.88. The van der Waals surface area contributed by atoms with Gasteiger partial charge in [-0.3, -0.25) is 9.59 Å². The first-order valence-electron chi connectivity index (χ1n) is 10.1. The molecule has 0 aromatic carbocycles. The molecule has 0 aromatic heterocycles. The van der Waals surface area contributed by atoms with E-state index in [2.05, 4.69) is 13.8 Å². The molecule has 0 rings (SSSR count). The van der Waals surface area contributed by atoms with Crippen LogP contribution in [0, 0.1) is 5.92 Å². The summed E-state index contributed by atoms with van der Waals surface area (Å²) in [6.45, 7) is 4.55. The highest BCUT2D eigenvalue weighted by Crippen LogP contribution is 2.22. The molecule has 0 radical (unpaired) electrons. The van der Waals surface area contributed by atoms with E-state index in [-0.39, 0.29) is 6.61 Å². The van der Waals surface area contributed by atoms with Crippen molar-refractivity contribution in [2.75, 3.05) is 6.61 Å². The summed E-state index contributed by atoms with van der Waals surface area (Å²) in [5.74, 6) is -3.38. The zero-order valence-corrected chi connectivity index (χ0v) is 16.7. The molecule has 7 nitrogen and oxygen atoms in total. The molecule has 0 heterocycles. The van der Waals surface area contributed by atoms with Crippen molar-refractivity contribution in [3.05, 3.63) is 0 Å². The van der Waals surface area contributed by atoms with Crippen LogP contribution in [0.2, 0.25) is 0 Å². The Morgan fingerprint density at radius 2 is 1.41 bits per heavy atom. The smallest absolute Gasteiger partial charge is 0.336 e. The number of aliphatic carboxylic acids is 2. The zero-order chi connectivity index (χ0) is 20.7. The molecule has 0 saturated carbocycles. The standard InChI is InChI=1S/C20H36O7/c1-3-5-10-16(11-6-4-2)12-8-7-9-13-27-18(23)15-20(26,19(24)25)14-17(21)22/h16,26H,3-15H2,1-2H3,(H,21,22)(H,24,25). The van der Waals surface area contributed by atoms with Gasteiger partial charge in [-0.1, -0.05) is 71.6 Å². The van der Waals surface area contributed by atoms with E-state index in [0.29, 0.717) is 6.42 Å². The van der Waals surface area contributed by atoms with Crippen LogP contribution in [-0.4, -0.2) is 45.4 Å². The molecular weight excluding hydrogens is 352 g/mol. The molecule has 0 aliphatic carbocycles. The fourth-order valence-corrected chi connectivity index (χ4v) is 3.07. The monoisotopic (exact) mass is 388 g/mol. The summed E-state index contributed by atoms with van der Waals surface area (Å²) in [4.78, 5) is 33.3. The molecule has 158 valence electrons. The molecular formula is C20H36O7. The van der Waals surface area contributed by atoms with Gasteiger partial charge in [0.05, 0.1) is 19.4 Å². The lowest BCUT2D eigenvalue weighted by atomic mass is 9.91. The van der Waals surface area contributed by atoms with Crippen LogP contribution < -0.4 is 0 Å². The van der Waals surface area contributed by atoms with Gasteiger partial charge in [0.15, 0.2) is 5.60 Å². The van der Waals surface area contributed by atoms with Gasteiger partial charge < -0.3 is 20.1 Å². The molecule has 0 spiro atoms. The molecule has 27 heavy (non-hydrogen) atoms. The summed E-state index contributed by atoms with van der Waals surface area (Å²) in [7, 11) is 0. The Balaban J connectivity index is 4.06. The fourth-order valence-electron chi connectivity index (χ4n) is 3.07. The number of rotatable bonds is 17. The summed E-state index contributed by atoms with van der Waals surface area (Å²) in [6.07, 6.45) is 9.38. The second-order valence-electron chi connectivity index (χ2n) is 7.30. The lowest BCUT2D eigenvalue weighted by Crippen LogP contribution is -2.43. The minimum absolute atomic E-state index is 0.149. The molecule has 0 amide bonds. The Morgan fingerprint density at radius 3 is 1.89 bits per heavy atom. The lowest BCUT2D eigenvalue weighted by Gasteiger charge is -2.20. The summed E-state index contributed by atoms with van der Waals surface area (Å²) in [6, 6.07) is 0. The van der Waals surface area contributed by atoms with Crippen LogP contribution in [0.4, 0.5) is 0 Å². The Kier molecular flexibility index (Phi) is 13.6. The molecule has 1 atom stereocenters. The van der Waals surface area contributed by atoms with Crippen molar-refractivity contribution in [2.24, 2.45) is 5.92 Å². The summed E-state index contributed by atoms with van der Waals surface area (Å²) in [5, 5.41) is 27.4. The lowest BCUT2D eigenvalue weighted by molar-refractivity contribution is -0.172. The first-order valence-corrected chi connectivity index (χ1v) is 10.1. The second-order valence-corrected chi connectivity index (χ2v) is 7.30. The molecule has 1 unspecified atom stereocenters. The van der Waals surface area contributed by atoms with Crippen LogP contribution in [0.25, 0.3) is 0 Å². The van der Waals surface area contributed by atoms with Crippen molar-refractivity contribution in [1.82, 2.24) is 0 Å². The third-order valence-corrected chi connectivity index (χ3v) is 4.73. The third-order valence-electron chi connectivity index (χ3n) is 4.73. The van der Waals surface area contributed by atoms with Crippen LogP contribution in [0.3, 0.4) is 0 Å². The van der Waals surface area contributed by atoms with Gasteiger partial charge >= 0.3 is 17.9 Å². The molecule has 0 bridgehead atoms. The fraction of sp³-hybridized carbons (Fsp3) is 0.850. The number of unbranched alkanes of at least 4 members (excludes halogenated alkanes) is 4. The number of ether oxygens (including phenoxy) is 1. The number of carboxylic acid groups (broad SMARTS) is 2. The van der Waals surface area contributed by atoms with Gasteiger partial charge in [0.25, 0.3) is 0 Å². The maximum atomic E-state index is 11.7. The number of hydrogen-bond acceptors (Lipinski definition) is 5. The highest BCUT2D eigenvalue weighted by atomic mass is 16.5. The predicted octanol–water partition coefficient (Wildman–Crippen LogP) is 3.77. The third kappa shape index (κ3) is 12.4. The van der Waals surface area contributed by atoms with E-state index in [1.165, 1.54) is 44.9 Å². The van der Waals surface area contributed by atoms with Crippen molar-refractivity contribution in [2.45, 2.75) is 96.5 Å². The van der Waals surface area contributed by atoms with E-state index in [0.717, 1.165) is 18.8 Å². The molecule has 0 fully saturated rings. The zero-order valence-electron chi connectivity index (χ0n) is 16.7. The molecule has 0 saturated heterocycles. The van der Waals surface area contributed by atoms with Crippen LogP contribution >= 0.6 is 0 Å². The minimum Gasteiger partial charge on any atom is -0.481 e. The molecule has 7 heteroatoms. The van der Waals surface area contributed by atoms with Crippen LogP contribution in [0.1, 0.15) is 90.9 Å².